The number of thiocarbonyl (C=S) groups is 1. The van der Waals surface area contributed by atoms with Gasteiger partial charge < -0.3 is 15.5 Å². The van der Waals surface area contributed by atoms with Crippen molar-refractivity contribution < 1.29 is 0 Å². The van der Waals surface area contributed by atoms with Gasteiger partial charge in [0.2, 0.25) is 0 Å². The monoisotopic (exact) mass is 320 g/mol. The van der Waals surface area contributed by atoms with Crippen molar-refractivity contribution in [1.29, 1.82) is 5.26 Å². The summed E-state index contributed by atoms with van der Waals surface area (Å²) in [6, 6.07) is 9.92. The molecule has 1 heterocycles. The molecule has 21 heavy (non-hydrogen) atoms. The number of benzene rings is 1. The summed E-state index contributed by atoms with van der Waals surface area (Å²) < 4.78 is 0. The van der Waals surface area contributed by atoms with Crippen molar-refractivity contribution in [3.8, 4) is 6.07 Å². The normalized spacial score (nSPS) is 16.2. The predicted molar refractivity (Wildman–Crippen MR) is 90.3 cm³/mol. The van der Waals surface area contributed by atoms with E-state index in [4.69, 9.17) is 34.8 Å². The Balaban J connectivity index is 2.09. The second-order valence-corrected chi connectivity index (χ2v) is 5.71. The zero-order valence-electron chi connectivity index (χ0n) is 11.8. The minimum atomic E-state index is 0.156. The van der Waals surface area contributed by atoms with Crippen LogP contribution in [0, 0.1) is 11.3 Å². The second-order valence-electron chi connectivity index (χ2n) is 4.86. The van der Waals surface area contributed by atoms with Crippen LogP contribution in [0.25, 0.3) is 0 Å². The molecule has 0 unspecified atom stereocenters. The molecule has 110 valence electrons. The molecule has 1 aliphatic rings. The highest BCUT2D eigenvalue weighted by molar-refractivity contribution is 7.80. The van der Waals surface area contributed by atoms with Gasteiger partial charge in [0.1, 0.15) is 16.6 Å². The summed E-state index contributed by atoms with van der Waals surface area (Å²) in [7, 11) is 0. The first kappa shape index (κ1) is 15.6. The Morgan fingerprint density at radius 3 is 2.43 bits per heavy atom. The maximum atomic E-state index is 9.13. The largest absolute Gasteiger partial charge is 0.389 e. The molecule has 0 radical (unpaired) electrons. The zero-order chi connectivity index (χ0) is 15.4. The van der Waals surface area contributed by atoms with Gasteiger partial charge in [-0.05, 0) is 19.1 Å². The average molecular weight is 321 g/mol. The van der Waals surface area contributed by atoms with Crippen LogP contribution in [0.5, 0.6) is 0 Å². The van der Waals surface area contributed by atoms with Gasteiger partial charge in [-0.25, -0.2) is 0 Å². The highest BCUT2D eigenvalue weighted by Gasteiger charge is 2.21. The SMILES string of the molecule is C/C(=C(\C#N)C(N)=S)N1CCN(c2ccccc2Cl)CC1. The summed E-state index contributed by atoms with van der Waals surface area (Å²) in [6.45, 7) is 5.20. The standard InChI is InChI=1S/C15H17ClN4S/c1-11(12(10-17)15(18)21)19-6-8-20(9-7-19)14-5-3-2-4-13(14)16/h2-5H,6-9H2,1H3,(H2,18,21)/b12-11-. The van der Waals surface area contributed by atoms with Crippen molar-refractivity contribution in [1.82, 2.24) is 4.90 Å². The summed E-state index contributed by atoms with van der Waals surface area (Å²) in [5, 5.41) is 9.90. The van der Waals surface area contributed by atoms with E-state index in [0.29, 0.717) is 5.57 Å². The third kappa shape index (κ3) is 3.46. The van der Waals surface area contributed by atoms with E-state index in [2.05, 4.69) is 15.9 Å². The molecule has 0 aliphatic carbocycles. The van der Waals surface area contributed by atoms with E-state index in [1.54, 1.807) is 0 Å². The molecule has 6 heteroatoms. The smallest absolute Gasteiger partial charge is 0.116 e. The van der Waals surface area contributed by atoms with Gasteiger partial charge in [0.25, 0.3) is 0 Å². The van der Waals surface area contributed by atoms with Gasteiger partial charge in [0.15, 0.2) is 0 Å². The van der Waals surface area contributed by atoms with E-state index in [1.165, 1.54) is 0 Å². The summed E-state index contributed by atoms with van der Waals surface area (Å²) >= 11 is 11.2. The lowest BCUT2D eigenvalue weighted by molar-refractivity contribution is 0.321. The summed E-state index contributed by atoms with van der Waals surface area (Å²) in [5.74, 6) is 0. The second kappa shape index (κ2) is 6.79. The number of nitriles is 1. The molecule has 2 N–H and O–H groups in total. The van der Waals surface area contributed by atoms with E-state index in [0.717, 1.165) is 42.6 Å². The third-order valence-electron chi connectivity index (χ3n) is 3.67. The van der Waals surface area contributed by atoms with Crippen LogP contribution in [0.3, 0.4) is 0 Å². The van der Waals surface area contributed by atoms with Gasteiger partial charge in [-0.15, -0.1) is 0 Å². The van der Waals surface area contributed by atoms with Gasteiger partial charge >= 0.3 is 0 Å². The molecule has 0 amide bonds. The Kier molecular flexibility index (Phi) is 5.05. The van der Waals surface area contributed by atoms with E-state index in [9.17, 15) is 0 Å². The zero-order valence-corrected chi connectivity index (χ0v) is 13.4. The van der Waals surface area contributed by atoms with E-state index < -0.39 is 0 Å². The Hall–Kier alpha value is -1.77. The lowest BCUT2D eigenvalue weighted by Crippen LogP contribution is -2.46. The van der Waals surface area contributed by atoms with Gasteiger partial charge in [-0.1, -0.05) is 36.0 Å². The minimum Gasteiger partial charge on any atom is -0.389 e. The lowest BCUT2D eigenvalue weighted by Gasteiger charge is -2.38. The number of anilines is 1. The Morgan fingerprint density at radius 1 is 1.29 bits per heavy atom. The number of hydrogen-bond acceptors (Lipinski definition) is 4. The number of para-hydroxylation sites is 1. The molecule has 0 bridgehead atoms. The first-order chi connectivity index (χ1) is 10.0. The van der Waals surface area contributed by atoms with E-state index in [1.807, 2.05) is 31.2 Å². The van der Waals surface area contributed by atoms with Crippen LogP contribution in [0.2, 0.25) is 5.02 Å². The summed E-state index contributed by atoms with van der Waals surface area (Å²) in [4.78, 5) is 4.55. The molecule has 2 rings (SSSR count). The molecule has 1 aliphatic heterocycles. The molecule has 0 atom stereocenters. The maximum absolute atomic E-state index is 9.13. The lowest BCUT2D eigenvalue weighted by atomic mass is 10.2. The average Bonchev–Trinajstić information content (AvgIpc) is 2.48. The quantitative estimate of drug-likeness (QED) is 0.527. The Morgan fingerprint density at radius 2 is 1.90 bits per heavy atom. The number of piperazine rings is 1. The topological polar surface area (TPSA) is 56.3 Å². The first-order valence-corrected chi connectivity index (χ1v) is 7.48. The van der Waals surface area contributed by atoms with Crippen molar-refractivity contribution in [2.75, 3.05) is 31.1 Å². The molecule has 4 nitrogen and oxygen atoms in total. The Bertz CT molecular complexity index is 612. The summed E-state index contributed by atoms with van der Waals surface area (Å²) in [6.07, 6.45) is 0. The number of allylic oxidation sites excluding steroid dienone is 1. The first-order valence-electron chi connectivity index (χ1n) is 6.69. The third-order valence-corrected chi connectivity index (χ3v) is 4.19. The van der Waals surface area contributed by atoms with Crippen molar-refractivity contribution in [3.05, 3.63) is 40.6 Å². The molecule has 0 spiro atoms. The summed E-state index contributed by atoms with van der Waals surface area (Å²) in [5.41, 5.74) is 7.89. The highest BCUT2D eigenvalue weighted by Crippen LogP contribution is 2.26. The van der Waals surface area contributed by atoms with E-state index >= 15 is 0 Å². The number of rotatable bonds is 3. The number of nitrogens with zero attached hydrogens (tertiary/aromatic N) is 3. The van der Waals surface area contributed by atoms with Crippen LogP contribution in [0.4, 0.5) is 5.69 Å². The fourth-order valence-electron chi connectivity index (χ4n) is 2.46. The number of nitrogens with two attached hydrogens (primary N) is 1. The van der Waals surface area contributed by atoms with Crippen molar-refractivity contribution in [2.45, 2.75) is 6.92 Å². The fraction of sp³-hybridized carbons (Fsp3) is 0.333. The van der Waals surface area contributed by atoms with Crippen LogP contribution >= 0.6 is 23.8 Å². The Labute approximate surface area is 135 Å². The predicted octanol–water partition coefficient (Wildman–Crippen LogP) is 2.55. The van der Waals surface area contributed by atoms with Crippen LogP contribution in [-0.2, 0) is 0 Å². The van der Waals surface area contributed by atoms with Crippen LogP contribution < -0.4 is 10.6 Å². The minimum absolute atomic E-state index is 0.156. The molecule has 1 fully saturated rings. The molecular weight excluding hydrogens is 304 g/mol. The van der Waals surface area contributed by atoms with Crippen molar-refractivity contribution in [3.63, 3.8) is 0 Å². The fourth-order valence-corrected chi connectivity index (χ4v) is 2.91. The molecule has 0 saturated carbocycles. The number of halogens is 1. The van der Waals surface area contributed by atoms with Gasteiger partial charge in [0.05, 0.1) is 10.7 Å². The van der Waals surface area contributed by atoms with Crippen molar-refractivity contribution in [2.24, 2.45) is 5.73 Å². The van der Waals surface area contributed by atoms with Gasteiger partial charge in [0, 0.05) is 31.9 Å². The molecule has 0 aromatic heterocycles. The van der Waals surface area contributed by atoms with Crippen LogP contribution in [0.15, 0.2) is 35.5 Å². The van der Waals surface area contributed by atoms with Crippen LogP contribution in [0.1, 0.15) is 6.92 Å². The van der Waals surface area contributed by atoms with E-state index in [-0.39, 0.29) is 4.99 Å². The van der Waals surface area contributed by atoms with Crippen molar-refractivity contribution >= 4 is 34.5 Å². The maximum Gasteiger partial charge on any atom is 0.116 e. The molecular formula is C15H17ClN4S. The number of hydrogen-bond donors (Lipinski definition) is 1. The molecule has 1 aromatic carbocycles. The molecule has 1 saturated heterocycles. The molecule has 1 aromatic rings. The highest BCUT2D eigenvalue weighted by atomic mass is 35.5. The van der Waals surface area contributed by atoms with Crippen LogP contribution in [-0.4, -0.2) is 36.1 Å². The van der Waals surface area contributed by atoms with Gasteiger partial charge in [-0.2, -0.15) is 5.26 Å². The van der Waals surface area contributed by atoms with Gasteiger partial charge in [-0.3, -0.25) is 0 Å².